The van der Waals surface area contributed by atoms with E-state index in [2.05, 4.69) is 0 Å². The maximum atomic E-state index is 13.8. The van der Waals surface area contributed by atoms with Gasteiger partial charge in [0, 0.05) is 31.3 Å². The van der Waals surface area contributed by atoms with Crippen LogP contribution in [0.1, 0.15) is 23.1 Å². The summed E-state index contributed by atoms with van der Waals surface area (Å²) in [5.74, 6) is -7.29. The van der Waals surface area contributed by atoms with Gasteiger partial charge in [0.2, 0.25) is 5.78 Å². The van der Waals surface area contributed by atoms with E-state index in [4.69, 9.17) is 5.73 Å². The third-order valence-electron chi connectivity index (χ3n) is 7.30. The Labute approximate surface area is 201 Å². The number of likely N-dealkylation sites (N-methyl/N-ethyl adjacent to an activating group) is 1. The summed E-state index contributed by atoms with van der Waals surface area (Å²) in [5, 5.41) is 53.8. The van der Waals surface area contributed by atoms with Crippen molar-refractivity contribution in [1.82, 2.24) is 4.90 Å². The molecular formula is C24H26N4O7. The van der Waals surface area contributed by atoms with Crippen LogP contribution >= 0.6 is 0 Å². The smallest absolute Gasteiger partial charge is 0.255 e. The summed E-state index contributed by atoms with van der Waals surface area (Å²) >= 11 is 0. The van der Waals surface area contributed by atoms with Crippen molar-refractivity contribution in [2.24, 2.45) is 17.6 Å². The van der Waals surface area contributed by atoms with E-state index in [-0.39, 0.29) is 29.5 Å². The number of ketones is 2. The van der Waals surface area contributed by atoms with Gasteiger partial charge in [-0.25, -0.2) is 0 Å². The lowest BCUT2D eigenvalue weighted by atomic mass is 9.57. The molecule has 1 fully saturated rings. The number of phenols is 1. The van der Waals surface area contributed by atoms with Crippen molar-refractivity contribution in [2.75, 3.05) is 33.1 Å². The van der Waals surface area contributed by atoms with Gasteiger partial charge in [0.25, 0.3) is 5.91 Å². The minimum Gasteiger partial charge on any atom is -0.508 e. The molecular weight excluding hydrogens is 456 g/mol. The predicted molar refractivity (Wildman–Crippen MR) is 123 cm³/mol. The van der Waals surface area contributed by atoms with Crippen molar-refractivity contribution in [3.05, 3.63) is 39.7 Å². The minimum absolute atomic E-state index is 0.000601. The number of aromatic hydroxyl groups is 1. The Hall–Kier alpha value is -3.88. The highest BCUT2D eigenvalue weighted by Gasteiger charge is 2.64. The van der Waals surface area contributed by atoms with Crippen molar-refractivity contribution < 1.29 is 34.8 Å². The summed E-state index contributed by atoms with van der Waals surface area (Å²) in [4.78, 5) is 42.0. The van der Waals surface area contributed by atoms with Gasteiger partial charge in [-0.05, 0) is 44.5 Å². The number of carbonyl (C=O) groups is 3. The maximum absolute atomic E-state index is 13.8. The molecule has 3 aliphatic rings. The summed E-state index contributed by atoms with van der Waals surface area (Å²) in [6, 6.07) is 2.20. The zero-order chi connectivity index (χ0) is 26.1. The second-order valence-corrected chi connectivity index (χ2v) is 9.61. The van der Waals surface area contributed by atoms with Gasteiger partial charge in [0.05, 0.1) is 17.2 Å². The van der Waals surface area contributed by atoms with Gasteiger partial charge in [-0.3, -0.25) is 19.3 Å². The van der Waals surface area contributed by atoms with E-state index in [1.54, 1.807) is 33.1 Å². The minimum atomic E-state index is -2.70. The number of nitrogens with zero attached hydrogens (tertiary/aromatic N) is 3. The van der Waals surface area contributed by atoms with Crippen LogP contribution in [-0.4, -0.2) is 82.6 Å². The number of Topliss-reactive ketones (excluding diaryl/α,β-unsaturated/α-hetero) is 2. The molecule has 11 nitrogen and oxygen atoms in total. The lowest BCUT2D eigenvalue weighted by Gasteiger charge is -2.50. The molecule has 1 aromatic rings. The number of hydrogen-bond acceptors (Lipinski definition) is 10. The Kier molecular flexibility index (Phi) is 5.42. The fraction of sp³-hybridized carbons (Fsp3) is 0.417. The normalized spacial score (nSPS) is 27.9. The van der Waals surface area contributed by atoms with E-state index in [0.29, 0.717) is 11.3 Å². The largest absolute Gasteiger partial charge is 0.508 e. The number of amides is 1. The Morgan fingerprint density at radius 1 is 1.20 bits per heavy atom. The Morgan fingerprint density at radius 2 is 1.83 bits per heavy atom. The van der Waals surface area contributed by atoms with Crippen molar-refractivity contribution in [1.29, 1.82) is 5.26 Å². The van der Waals surface area contributed by atoms with Crippen LogP contribution in [0.4, 0.5) is 5.69 Å². The first-order chi connectivity index (χ1) is 16.3. The van der Waals surface area contributed by atoms with Gasteiger partial charge in [-0.1, -0.05) is 0 Å². The second kappa shape index (κ2) is 7.83. The number of carbonyl (C=O) groups excluding carboxylic acids is 3. The molecule has 0 heterocycles. The van der Waals surface area contributed by atoms with Crippen molar-refractivity contribution in [3.8, 4) is 11.8 Å². The van der Waals surface area contributed by atoms with E-state index < -0.39 is 63.8 Å². The Balaban J connectivity index is 2.03. The van der Waals surface area contributed by atoms with E-state index in [9.17, 15) is 40.1 Å². The number of hydrogen-bond donors (Lipinski definition) is 5. The third kappa shape index (κ3) is 3.07. The van der Waals surface area contributed by atoms with E-state index in [0.717, 1.165) is 0 Å². The van der Waals surface area contributed by atoms with Crippen LogP contribution in [0.2, 0.25) is 0 Å². The zero-order valence-electron chi connectivity index (χ0n) is 19.7. The van der Waals surface area contributed by atoms with Gasteiger partial charge in [0.15, 0.2) is 11.4 Å². The highest BCUT2D eigenvalue weighted by Crippen LogP contribution is 2.54. The fourth-order valence-corrected chi connectivity index (χ4v) is 5.78. The van der Waals surface area contributed by atoms with Crippen molar-refractivity contribution in [3.63, 3.8) is 0 Å². The molecule has 1 aromatic carbocycles. The van der Waals surface area contributed by atoms with Crippen molar-refractivity contribution >= 4 is 28.9 Å². The molecule has 0 unspecified atom stereocenters. The highest BCUT2D eigenvalue weighted by atomic mass is 16.3. The van der Waals surface area contributed by atoms with E-state index in [1.807, 2.05) is 6.07 Å². The molecule has 0 bridgehead atoms. The third-order valence-corrected chi connectivity index (χ3v) is 7.30. The predicted octanol–water partition coefficient (Wildman–Crippen LogP) is -0.0983. The van der Waals surface area contributed by atoms with Crippen LogP contribution in [-0.2, 0) is 20.8 Å². The van der Waals surface area contributed by atoms with Gasteiger partial charge in [0.1, 0.15) is 28.9 Å². The molecule has 0 spiro atoms. The highest BCUT2D eigenvalue weighted by molar-refractivity contribution is 6.24. The van der Waals surface area contributed by atoms with Gasteiger partial charge >= 0.3 is 0 Å². The quantitative estimate of drug-likeness (QED) is 0.364. The zero-order valence-corrected chi connectivity index (χ0v) is 19.7. The van der Waals surface area contributed by atoms with Crippen LogP contribution in [0.5, 0.6) is 5.75 Å². The number of primary amides is 1. The molecule has 4 rings (SSSR count). The topological polar surface area (TPSA) is 188 Å². The van der Waals surface area contributed by atoms with Gasteiger partial charge in [-0.2, -0.15) is 5.26 Å². The Bertz CT molecular complexity index is 1300. The van der Waals surface area contributed by atoms with Crippen LogP contribution in [0.15, 0.2) is 23.0 Å². The molecule has 0 saturated heterocycles. The summed E-state index contributed by atoms with van der Waals surface area (Å²) in [6.07, 6.45) is 0.153. The van der Waals surface area contributed by atoms with Crippen LogP contribution in [0.25, 0.3) is 5.76 Å². The number of anilines is 1. The Morgan fingerprint density at radius 3 is 2.34 bits per heavy atom. The maximum Gasteiger partial charge on any atom is 0.255 e. The van der Waals surface area contributed by atoms with Gasteiger partial charge in [-0.15, -0.1) is 0 Å². The monoisotopic (exact) mass is 482 g/mol. The van der Waals surface area contributed by atoms with Crippen LogP contribution in [0, 0.1) is 23.2 Å². The number of benzene rings is 1. The summed E-state index contributed by atoms with van der Waals surface area (Å²) < 4.78 is 0. The molecule has 6 N–H and O–H groups in total. The standard InChI is InChI=1S/C24H26N4O7/c1-27(2)13-7-10(8-25)18(29)15-11(13)5-9-6-12-17(28(3)4)20(31)16(23(26)34)22(33)24(12,35)21(32)14(9)19(15)30/h7,9,12,17,29-30,33,35H,5-6H2,1-4H3,(H2,26,34)/t9-,12-,17-,24-/m0/s1. The number of aliphatic hydroxyl groups excluding tert-OH is 2. The molecule has 1 amide bonds. The number of aliphatic hydroxyl groups is 3. The lowest BCUT2D eigenvalue weighted by molar-refractivity contribution is -0.153. The molecule has 184 valence electrons. The van der Waals surface area contributed by atoms with Crippen LogP contribution in [0.3, 0.4) is 0 Å². The molecule has 11 heteroatoms. The summed E-state index contributed by atoms with van der Waals surface area (Å²) in [6.45, 7) is 0. The molecule has 35 heavy (non-hydrogen) atoms. The molecule has 4 atom stereocenters. The van der Waals surface area contributed by atoms with E-state index >= 15 is 0 Å². The molecule has 0 radical (unpaired) electrons. The second-order valence-electron chi connectivity index (χ2n) is 9.61. The number of fused-ring (bicyclic) bond motifs is 3. The van der Waals surface area contributed by atoms with Crippen LogP contribution < -0.4 is 10.6 Å². The summed E-state index contributed by atoms with van der Waals surface area (Å²) in [5.41, 5.74) is 2.31. The number of rotatable bonds is 3. The van der Waals surface area contributed by atoms with E-state index in [1.165, 1.54) is 11.0 Å². The number of nitriles is 1. The first kappa shape index (κ1) is 24.3. The SMILES string of the molecule is CN(C)c1cc(C#N)c(O)c2c1C[C@H]1C[C@H]3[C@H](N(C)C)C(=O)C(C(N)=O)=C(O)[C@@]3(O)C(=O)C1=C2O. The lowest BCUT2D eigenvalue weighted by Crippen LogP contribution is -2.65. The van der Waals surface area contributed by atoms with Crippen molar-refractivity contribution in [2.45, 2.75) is 24.5 Å². The number of nitrogens with two attached hydrogens (primary N) is 1. The summed E-state index contributed by atoms with van der Waals surface area (Å²) in [7, 11) is 6.54. The van der Waals surface area contributed by atoms with Gasteiger partial charge < -0.3 is 31.1 Å². The molecule has 0 aromatic heterocycles. The average molecular weight is 482 g/mol. The fourth-order valence-electron chi connectivity index (χ4n) is 5.78. The molecule has 0 aliphatic heterocycles. The first-order valence-corrected chi connectivity index (χ1v) is 10.9. The molecule has 3 aliphatic carbocycles. The average Bonchev–Trinajstić information content (AvgIpc) is 2.75. The molecule has 1 saturated carbocycles. The number of phenolic OH excluding ortho intramolecular Hbond substituents is 1. The first-order valence-electron chi connectivity index (χ1n) is 10.9.